The van der Waals surface area contributed by atoms with Gasteiger partial charge in [0.25, 0.3) is 5.91 Å². The first-order valence-electron chi connectivity index (χ1n) is 7.36. The first-order valence-corrected chi connectivity index (χ1v) is 9.01. The first kappa shape index (κ1) is 17.3. The Hall–Kier alpha value is -2.09. The number of aromatic carboxylic acids is 1. The second-order valence-corrected chi connectivity index (χ2v) is 7.52. The molecule has 1 amide bonds. The molecule has 1 aliphatic heterocycles. The van der Waals surface area contributed by atoms with Gasteiger partial charge in [-0.15, -0.1) is 0 Å². The Balaban J connectivity index is 2.22. The van der Waals surface area contributed by atoms with Gasteiger partial charge in [0.1, 0.15) is 11.3 Å². The van der Waals surface area contributed by atoms with Crippen LogP contribution in [0.15, 0.2) is 23.1 Å². The van der Waals surface area contributed by atoms with E-state index in [1.165, 1.54) is 25.1 Å². The summed E-state index contributed by atoms with van der Waals surface area (Å²) in [7, 11) is -3.49. The van der Waals surface area contributed by atoms with E-state index < -0.39 is 15.8 Å². The Bertz CT molecular complexity index is 707. The lowest BCUT2D eigenvalue weighted by Crippen LogP contribution is -2.32. The molecule has 0 radical (unpaired) electrons. The number of sulfone groups is 1. The van der Waals surface area contributed by atoms with Crippen molar-refractivity contribution in [3.63, 3.8) is 0 Å². The van der Waals surface area contributed by atoms with Crippen LogP contribution in [-0.2, 0) is 14.6 Å². The average Bonchev–Trinajstić information content (AvgIpc) is 3.06. The standard InChI is InChI=1S/C15H19NO6S/c1-2-23(20,21)11-5-6-12(15(18)19)13(9-11)22-10-14(17)16-7-3-4-8-16/h5-6,9H,2-4,7-8,10H2,1H3,(H,18,19). The van der Waals surface area contributed by atoms with E-state index in [1.807, 2.05) is 0 Å². The highest BCUT2D eigenvalue weighted by molar-refractivity contribution is 7.91. The zero-order valence-corrected chi connectivity index (χ0v) is 13.6. The molecule has 0 bridgehead atoms. The number of carboxylic acids is 1. The molecule has 1 aliphatic rings. The predicted molar refractivity (Wildman–Crippen MR) is 82.4 cm³/mol. The summed E-state index contributed by atoms with van der Waals surface area (Å²) in [4.78, 5) is 24.8. The Kier molecular flexibility index (Phi) is 5.25. The highest BCUT2D eigenvalue weighted by Crippen LogP contribution is 2.24. The quantitative estimate of drug-likeness (QED) is 0.834. The van der Waals surface area contributed by atoms with E-state index in [9.17, 15) is 18.0 Å². The third-order valence-corrected chi connectivity index (χ3v) is 5.46. The molecule has 2 rings (SSSR count). The maximum atomic E-state index is 12.0. The first-order chi connectivity index (χ1) is 10.8. The van der Waals surface area contributed by atoms with E-state index in [-0.39, 0.29) is 34.5 Å². The zero-order valence-electron chi connectivity index (χ0n) is 12.8. The second-order valence-electron chi connectivity index (χ2n) is 5.24. The van der Waals surface area contributed by atoms with Crippen LogP contribution in [0.5, 0.6) is 5.75 Å². The molecular formula is C15H19NO6S. The summed E-state index contributed by atoms with van der Waals surface area (Å²) in [5.41, 5.74) is -0.172. The lowest BCUT2D eigenvalue weighted by Gasteiger charge is -2.16. The summed E-state index contributed by atoms with van der Waals surface area (Å²) in [5, 5.41) is 9.17. The molecule has 7 nitrogen and oxygen atoms in total. The van der Waals surface area contributed by atoms with Crippen LogP contribution >= 0.6 is 0 Å². The van der Waals surface area contributed by atoms with Gasteiger partial charge in [-0.05, 0) is 31.0 Å². The fraction of sp³-hybridized carbons (Fsp3) is 0.467. The maximum Gasteiger partial charge on any atom is 0.339 e. The number of hydrogen-bond acceptors (Lipinski definition) is 5. The third kappa shape index (κ3) is 4.01. The number of rotatable bonds is 6. The SMILES string of the molecule is CCS(=O)(=O)c1ccc(C(=O)O)c(OCC(=O)N2CCCC2)c1. The Morgan fingerprint density at radius 2 is 1.91 bits per heavy atom. The van der Waals surface area contributed by atoms with E-state index in [2.05, 4.69) is 0 Å². The highest BCUT2D eigenvalue weighted by atomic mass is 32.2. The monoisotopic (exact) mass is 341 g/mol. The maximum absolute atomic E-state index is 12.0. The molecule has 0 atom stereocenters. The van der Waals surface area contributed by atoms with Crippen molar-refractivity contribution in [1.82, 2.24) is 4.90 Å². The van der Waals surface area contributed by atoms with Crippen LogP contribution in [0.25, 0.3) is 0 Å². The molecule has 23 heavy (non-hydrogen) atoms. The molecule has 1 saturated heterocycles. The highest BCUT2D eigenvalue weighted by Gasteiger charge is 2.21. The van der Waals surface area contributed by atoms with Crippen molar-refractivity contribution in [1.29, 1.82) is 0 Å². The fourth-order valence-corrected chi connectivity index (χ4v) is 3.25. The van der Waals surface area contributed by atoms with Crippen molar-refractivity contribution in [3.05, 3.63) is 23.8 Å². The minimum atomic E-state index is -3.49. The number of likely N-dealkylation sites (tertiary alicyclic amines) is 1. The summed E-state index contributed by atoms with van der Waals surface area (Å²) in [6.07, 6.45) is 1.88. The van der Waals surface area contributed by atoms with Gasteiger partial charge in [0, 0.05) is 13.1 Å². The summed E-state index contributed by atoms with van der Waals surface area (Å²) in [5.74, 6) is -1.69. The Labute approximate surface area is 134 Å². The molecule has 1 aromatic carbocycles. The van der Waals surface area contributed by atoms with Crippen molar-refractivity contribution in [3.8, 4) is 5.75 Å². The topological polar surface area (TPSA) is 101 Å². The van der Waals surface area contributed by atoms with E-state index in [4.69, 9.17) is 9.84 Å². The molecule has 1 fully saturated rings. The molecule has 0 unspecified atom stereocenters. The lowest BCUT2D eigenvalue weighted by atomic mass is 10.2. The number of carbonyl (C=O) groups is 2. The van der Waals surface area contributed by atoms with Crippen LogP contribution in [0.2, 0.25) is 0 Å². The van der Waals surface area contributed by atoms with Gasteiger partial charge < -0.3 is 14.7 Å². The molecule has 0 saturated carbocycles. The van der Waals surface area contributed by atoms with Gasteiger partial charge in [-0.1, -0.05) is 6.92 Å². The number of amides is 1. The van der Waals surface area contributed by atoms with Crippen LogP contribution in [0.3, 0.4) is 0 Å². The Morgan fingerprint density at radius 1 is 1.26 bits per heavy atom. The van der Waals surface area contributed by atoms with Gasteiger partial charge in [0.15, 0.2) is 16.4 Å². The van der Waals surface area contributed by atoms with Crippen LogP contribution in [-0.4, -0.2) is 55.7 Å². The summed E-state index contributed by atoms with van der Waals surface area (Å²) >= 11 is 0. The molecule has 1 aromatic rings. The van der Waals surface area contributed by atoms with Crippen molar-refractivity contribution in [2.45, 2.75) is 24.7 Å². The molecule has 1 heterocycles. The molecular weight excluding hydrogens is 322 g/mol. The molecule has 0 spiro atoms. The largest absolute Gasteiger partial charge is 0.483 e. The third-order valence-electron chi connectivity index (χ3n) is 3.73. The average molecular weight is 341 g/mol. The number of ether oxygens (including phenoxy) is 1. The van der Waals surface area contributed by atoms with Crippen LogP contribution in [0, 0.1) is 0 Å². The number of nitrogens with zero attached hydrogens (tertiary/aromatic N) is 1. The normalized spacial score (nSPS) is 14.7. The lowest BCUT2D eigenvalue weighted by molar-refractivity contribution is -0.132. The summed E-state index contributed by atoms with van der Waals surface area (Å²) in [6, 6.07) is 3.58. The molecule has 8 heteroatoms. The molecule has 1 N–H and O–H groups in total. The number of benzene rings is 1. The second kappa shape index (κ2) is 6.99. The smallest absolute Gasteiger partial charge is 0.339 e. The van der Waals surface area contributed by atoms with Crippen molar-refractivity contribution in [2.24, 2.45) is 0 Å². The summed E-state index contributed by atoms with van der Waals surface area (Å²) in [6.45, 7) is 2.52. The van der Waals surface area contributed by atoms with Gasteiger partial charge >= 0.3 is 5.97 Å². The van der Waals surface area contributed by atoms with Gasteiger partial charge in [-0.2, -0.15) is 0 Å². The minimum absolute atomic E-state index is 0.0198. The van der Waals surface area contributed by atoms with Crippen LogP contribution < -0.4 is 4.74 Å². The summed E-state index contributed by atoms with van der Waals surface area (Å²) < 4.78 is 29.1. The van der Waals surface area contributed by atoms with Crippen molar-refractivity contribution in [2.75, 3.05) is 25.4 Å². The molecule has 0 aromatic heterocycles. The molecule has 0 aliphatic carbocycles. The number of carboxylic acid groups (broad SMARTS) is 1. The van der Waals surface area contributed by atoms with Crippen LogP contribution in [0.4, 0.5) is 0 Å². The number of carbonyl (C=O) groups excluding carboxylic acids is 1. The van der Waals surface area contributed by atoms with Gasteiger partial charge in [0.05, 0.1) is 10.6 Å². The fourth-order valence-electron chi connectivity index (χ4n) is 2.36. The van der Waals surface area contributed by atoms with Crippen molar-refractivity contribution >= 4 is 21.7 Å². The van der Waals surface area contributed by atoms with Gasteiger partial charge in [-0.25, -0.2) is 13.2 Å². The zero-order chi connectivity index (χ0) is 17.0. The van der Waals surface area contributed by atoms with E-state index in [0.717, 1.165) is 12.8 Å². The van der Waals surface area contributed by atoms with E-state index >= 15 is 0 Å². The van der Waals surface area contributed by atoms with E-state index in [0.29, 0.717) is 13.1 Å². The van der Waals surface area contributed by atoms with Gasteiger partial charge in [-0.3, -0.25) is 4.79 Å². The van der Waals surface area contributed by atoms with Crippen molar-refractivity contribution < 1.29 is 27.9 Å². The van der Waals surface area contributed by atoms with E-state index in [1.54, 1.807) is 4.90 Å². The predicted octanol–water partition coefficient (Wildman–Crippen LogP) is 1.18. The van der Waals surface area contributed by atoms with Crippen LogP contribution in [0.1, 0.15) is 30.1 Å². The molecule has 126 valence electrons. The Morgan fingerprint density at radius 3 is 2.48 bits per heavy atom. The minimum Gasteiger partial charge on any atom is -0.483 e. The van der Waals surface area contributed by atoms with Gasteiger partial charge in [0.2, 0.25) is 0 Å². The number of hydrogen-bond donors (Lipinski definition) is 1.